The zero-order valence-electron chi connectivity index (χ0n) is 9.61. The molecule has 0 heterocycles. The molecular formula is C12H15FN2O2. The van der Waals surface area contributed by atoms with Gasteiger partial charge in [-0.2, -0.15) is 5.26 Å². The van der Waals surface area contributed by atoms with Crippen molar-refractivity contribution in [3.8, 4) is 6.07 Å². The highest BCUT2D eigenvalue weighted by molar-refractivity contribution is 5.34. The van der Waals surface area contributed by atoms with Crippen molar-refractivity contribution < 1.29 is 14.2 Å². The van der Waals surface area contributed by atoms with Gasteiger partial charge in [-0.15, -0.1) is 0 Å². The van der Waals surface area contributed by atoms with Crippen LogP contribution in [-0.4, -0.2) is 31.5 Å². The van der Waals surface area contributed by atoms with Crippen LogP contribution >= 0.6 is 0 Å². The topological polar surface area (TPSA) is 65.3 Å². The number of benzene rings is 1. The number of nitriles is 1. The van der Waals surface area contributed by atoms with Crippen molar-refractivity contribution in [2.75, 3.05) is 20.3 Å². The van der Waals surface area contributed by atoms with E-state index in [9.17, 15) is 9.50 Å². The third kappa shape index (κ3) is 4.11. The minimum absolute atomic E-state index is 0.0294. The molecule has 0 aromatic heterocycles. The maximum atomic E-state index is 13.6. The second-order valence-electron chi connectivity index (χ2n) is 3.63. The molecule has 92 valence electrons. The molecule has 0 radical (unpaired) electrons. The number of hydrogen-bond acceptors (Lipinski definition) is 4. The van der Waals surface area contributed by atoms with Crippen molar-refractivity contribution in [3.05, 3.63) is 35.1 Å². The first-order chi connectivity index (χ1) is 8.19. The van der Waals surface area contributed by atoms with Crippen LogP contribution in [0.3, 0.4) is 0 Å². The van der Waals surface area contributed by atoms with E-state index in [4.69, 9.17) is 10.00 Å². The molecule has 0 aliphatic heterocycles. The van der Waals surface area contributed by atoms with E-state index in [1.54, 1.807) is 18.2 Å². The van der Waals surface area contributed by atoms with Gasteiger partial charge in [-0.1, -0.05) is 12.1 Å². The maximum Gasteiger partial charge on any atom is 0.145 e. The predicted molar refractivity (Wildman–Crippen MR) is 60.7 cm³/mol. The number of rotatable bonds is 6. The highest BCUT2D eigenvalue weighted by Crippen LogP contribution is 2.11. The number of aliphatic hydroxyl groups excluding tert-OH is 1. The van der Waals surface area contributed by atoms with Gasteiger partial charge < -0.3 is 15.2 Å². The molecule has 17 heavy (non-hydrogen) atoms. The van der Waals surface area contributed by atoms with E-state index in [1.165, 1.54) is 13.2 Å². The van der Waals surface area contributed by atoms with Crippen LogP contribution in [-0.2, 0) is 11.3 Å². The van der Waals surface area contributed by atoms with Gasteiger partial charge in [0.1, 0.15) is 11.9 Å². The lowest BCUT2D eigenvalue weighted by molar-refractivity contribution is 0.0643. The first-order valence-electron chi connectivity index (χ1n) is 5.24. The maximum absolute atomic E-state index is 13.6. The summed E-state index contributed by atoms with van der Waals surface area (Å²) >= 11 is 0. The second-order valence-corrected chi connectivity index (χ2v) is 3.63. The predicted octanol–water partition coefficient (Wildman–Crippen LogP) is 0.794. The van der Waals surface area contributed by atoms with Gasteiger partial charge in [-0.3, -0.25) is 0 Å². The van der Waals surface area contributed by atoms with E-state index >= 15 is 0 Å². The molecule has 5 heteroatoms. The smallest absolute Gasteiger partial charge is 0.145 e. The Hall–Kier alpha value is -1.48. The van der Waals surface area contributed by atoms with E-state index in [0.29, 0.717) is 12.1 Å². The van der Waals surface area contributed by atoms with Gasteiger partial charge in [0.15, 0.2) is 0 Å². The summed E-state index contributed by atoms with van der Waals surface area (Å²) in [5, 5.41) is 20.9. The van der Waals surface area contributed by atoms with Crippen LogP contribution in [0.2, 0.25) is 0 Å². The van der Waals surface area contributed by atoms with Gasteiger partial charge in [0.2, 0.25) is 0 Å². The van der Waals surface area contributed by atoms with Crippen molar-refractivity contribution >= 4 is 0 Å². The Morgan fingerprint density at radius 2 is 2.35 bits per heavy atom. The second kappa shape index (κ2) is 6.97. The summed E-state index contributed by atoms with van der Waals surface area (Å²) in [5.74, 6) is -0.510. The van der Waals surface area contributed by atoms with Crippen LogP contribution in [0.15, 0.2) is 18.2 Å². The number of nitrogens with one attached hydrogen (secondary N) is 1. The number of nitrogens with zero attached hydrogens (tertiary/aromatic N) is 1. The summed E-state index contributed by atoms with van der Waals surface area (Å²) in [6.07, 6.45) is -0.623. The summed E-state index contributed by atoms with van der Waals surface area (Å²) in [5.41, 5.74) is 0.440. The molecule has 0 fully saturated rings. The molecule has 1 aromatic rings. The highest BCUT2D eigenvalue weighted by atomic mass is 19.1. The van der Waals surface area contributed by atoms with E-state index in [1.807, 2.05) is 0 Å². The van der Waals surface area contributed by atoms with E-state index in [-0.39, 0.29) is 18.7 Å². The molecule has 1 rings (SSSR count). The minimum atomic E-state index is -0.623. The van der Waals surface area contributed by atoms with Gasteiger partial charge in [0.05, 0.1) is 18.3 Å². The third-order valence-corrected chi connectivity index (χ3v) is 2.25. The number of hydrogen-bond donors (Lipinski definition) is 2. The largest absolute Gasteiger partial charge is 0.389 e. The Morgan fingerprint density at radius 1 is 1.59 bits per heavy atom. The SMILES string of the molecule is COCC(O)CNCc1cccc(C#N)c1F. The molecule has 0 aliphatic rings. The van der Waals surface area contributed by atoms with Gasteiger partial charge >= 0.3 is 0 Å². The van der Waals surface area contributed by atoms with Crippen LogP contribution in [0.25, 0.3) is 0 Å². The molecule has 0 amide bonds. The number of ether oxygens (including phenoxy) is 1. The fourth-order valence-corrected chi connectivity index (χ4v) is 1.43. The van der Waals surface area contributed by atoms with E-state index in [2.05, 4.69) is 5.32 Å². The molecule has 4 nitrogen and oxygen atoms in total. The first-order valence-corrected chi connectivity index (χ1v) is 5.24. The van der Waals surface area contributed by atoms with Crippen molar-refractivity contribution in [2.45, 2.75) is 12.6 Å². The quantitative estimate of drug-likeness (QED) is 0.769. The molecule has 0 saturated carbocycles. The Kier molecular flexibility index (Phi) is 5.57. The average Bonchev–Trinajstić information content (AvgIpc) is 2.32. The van der Waals surface area contributed by atoms with Crippen molar-refractivity contribution in [1.82, 2.24) is 5.32 Å². The van der Waals surface area contributed by atoms with E-state index < -0.39 is 11.9 Å². The van der Waals surface area contributed by atoms with Crippen molar-refractivity contribution in [2.24, 2.45) is 0 Å². The lowest BCUT2D eigenvalue weighted by atomic mass is 10.1. The fourth-order valence-electron chi connectivity index (χ4n) is 1.43. The number of methoxy groups -OCH3 is 1. The van der Waals surface area contributed by atoms with E-state index in [0.717, 1.165) is 0 Å². The molecular weight excluding hydrogens is 223 g/mol. The summed E-state index contributed by atoms with van der Waals surface area (Å²) in [6.45, 7) is 0.805. The molecule has 0 saturated heterocycles. The van der Waals surface area contributed by atoms with Crippen LogP contribution in [0.5, 0.6) is 0 Å². The monoisotopic (exact) mass is 238 g/mol. The van der Waals surface area contributed by atoms with Crippen LogP contribution in [0.4, 0.5) is 4.39 Å². The van der Waals surface area contributed by atoms with Crippen LogP contribution < -0.4 is 5.32 Å². The zero-order chi connectivity index (χ0) is 12.7. The van der Waals surface area contributed by atoms with Gasteiger partial charge in [0.25, 0.3) is 0 Å². The Morgan fingerprint density at radius 3 is 3.00 bits per heavy atom. The van der Waals surface area contributed by atoms with Crippen molar-refractivity contribution in [1.29, 1.82) is 5.26 Å². The lowest BCUT2D eigenvalue weighted by Crippen LogP contribution is -2.29. The summed E-state index contributed by atoms with van der Waals surface area (Å²) in [4.78, 5) is 0. The number of aliphatic hydroxyl groups is 1. The molecule has 0 aliphatic carbocycles. The molecule has 1 atom stereocenters. The molecule has 2 N–H and O–H groups in total. The van der Waals surface area contributed by atoms with Gasteiger partial charge in [-0.25, -0.2) is 4.39 Å². The summed E-state index contributed by atoms with van der Waals surface area (Å²) in [7, 11) is 1.50. The zero-order valence-corrected chi connectivity index (χ0v) is 9.61. The molecule has 1 unspecified atom stereocenters. The summed E-state index contributed by atoms with van der Waals surface area (Å²) in [6, 6.07) is 6.44. The first kappa shape index (κ1) is 13.6. The van der Waals surface area contributed by atoms with Gasteiger partial charge in [0, 0.05) is 25.8 Å². The van der Waals surface area contributed by atoms with Crippen LogP contribution in [0.1, 0.15) is 11.1 Å². The van der Waals surface area contributed by atoms with Crippen LogP contribution in [0, 0.1) is 17.1 Å². The fraction of sp³-hybridized carbons (Fsp3) is 0.417. The highest BCUT2D eigenvalue weighted by Gasteiger charge is 2.08. The molecule has 0 bridgehead atoms. The standard InChI is InChI=1S/C12H15FN2O2/c1-17-8-11(16)7-15-6-10-4-2-3-9(5-14)12(10)13/h2-4,11,15-16H,6-8H2,1H3. The normalized spacial score (nSPS) is 12.1. The van der Waals surface area contributed by atoms with Gasteiger partial charge in [-0.05, 0) is 6.07 Å². The molecule has 1 aromatic carbocycles. The lowest BCUT2D eigenvalue weighted by Gasteiger charge is -2.11. The number of halogens is 1. The third-order valence-electron chi connectivity index (χ3n) is 2.25. The van der Waals surface area contributed by atoms with Crippen molar-refractivity contribution in [3.63, 3.8) is 0 Å². The Bertz CT molecular complexity index is 404. The Labute approximate surface area is 99.6 Å². The minimum Gasteiger partial charge on any atom is -0.389 e. The Balaban J connectivity index is 2.50. The molecule has 0 spiro atoms. The average molecular weight is 238 g/mol. The summed E-state index contributed by atoms with van der Waals surface area (Å²) < 4.78 is 18.4.